The Bertz CT molecular complexity index is 694. The minimum absolute atomic E-state index is 0. The van der Waals surface area contributed by atoms with Gasteiger partial charge in [-0.2, -0.15) is 0 Å². The third-order valence-corrected chi connectivity index (χ3v) is 4.84. The minimum atomic E-state index is -0.388. The summed E-state index contributed by atoms with van der Waals surface area (Å²) in [5.74, 6) is -0.160. The van der Waals surface area contributed by atoms with Crippen LogP contribution in [0.25, 0.3) is 0 Å². The van der Waals surface area contributed by atoms with Crippen molar-refractivity contribution in [2.45, 2.75) is 25.0 Å². The van der Waals surface area contributed by atoms with Crippen LogP contribution in [-0.4, -0.2) is 24.0 Å². The van der Waals surface area contributed by atoms with Gasteiger partial charge in [-0.05, 0) is 11.6 Å². The molecule has 1 spiro atoms. The Morgan fingerprint density at radius 1 is 0.957 bits per heavy atom. The topological polar surface area (TPSA) is 29.5 Å². The number of nitrogens with zero attached hydrogens (tertiary/aromatic N) is 1. The number of piperidine rings is 1. The van der Waals surface area contributed by atoms with Crippen LogP contribution in [0.1, 0.15) is 34.3 Å². The first-order chi connectivity index (χ1) is 10.8. The third-order valence-electron chi connectivity index (χ3n) is 4.84. The largest absolute Gasteiger partial charge is 0.450 e. The summed E-state index contributed by atoms with van der Waals surface area (Å²) in [5.41, 5.74) is 2.78. The minimum Gasteiger partial charge on any atom is -0.450 e. The quantitative estimate of drug-likeness (QED) is 0.785. The van der Waals surface area contributed by atoms with Gasteiger partial charge in [-0.15, -0.1) is 12.4 Å². The van der Waals surface area contributed by atoms with Crippen molar-refractivity contribution >= 4 is 18.4 Å². The Labute approximate surface area is 142 Å². The molecule has 0 aliphatic carbocycles. The van der Waals surface area contributed by atoms with Crippen molar-refractivity contribution in [1.82, 2.24) is 4.90 Å². The summed E-state index contributed by atoms with van der Waals surface area (Å²) in [6.07, 6.45) is 1.76. The average Bonchev–Trinajstić information content (AvgIpc) is 2.84. The Morgan fingerprint density at radius 3 is 2.35 bits per heavy atom. The third kappa shape index (κ3) is 2.87. The number of ether oxygens (including phenoxy) is 1. The molecule has 0 bridgehead atoms. The maximum absolute atomic E-state index is 12.1. The van der Waals surface area contributed by atoms with E-state index in [0.29, 0.717) is 0 Å². The highest BCUT2D eigenvalue weighted by atomic mass is 35.5. The molecule has 0 N–H and O–H groups in total. The lowest BCUT2D eigenvalue weighted by molar-refractivity contribution is -0.0440. The van der Waals surface area contributed by atoms with Crippen LogP contribution in [0.2, 0.25) is 0 Å². The zero-order valence-electron chi connectivity index (χ0n) is 12.9. The van der Waals surface area contributed by atoms with E-state index in [9.17, 15) is 4.79 Å². The molecule has 2 aliphatic heterocycles. The molecule has 0 unspecified atom stereocenters. The van der Waals surface area contributed by atoms with Crippen molar-refractivity contribution in [2.75, 3.05) is 13.1 Å². The van der Waals surface area contributed by atoms with E-state index in [1.807, 2.05) is 30.3 Å². The zero-order chi connectivity index (χ0) is 15.0. The van der Waals surface area contributed by atoms with E-state index in [0.717, 1.165) is 43.6 Å². The lowest BCUT2D eigenvalue weighted by atomic mass is 9.83. The summed E-state index contributed by atoms with van der Waals surface area (Å²) in [6, 6.07) is 18.4. The first-order valence-electron chi connectivity index (χ1n) is 7.86. The van der Waals surface area contributed by atoms with Gasteiger partial charge in [0.2, 0.25) is 0 Å². The molecule has 1 fully saturated rings. The maximum atomic E-state index is 12.1. The summed E-state index contributed by atoms with van der Waals surface area (Å²) in [7, 11) is 0. The number of rotatable bonds is 2. The molecular formula is C19H20ClNO2. The monoisotopic (exact) mass is 329 g/mol. The Morgan fingerprint density at radius 2 is 1.61 bits per heavy atom. The molecule has 2 aliphatic rings. The van der Waals surface area contributed by atoms with Crippen molar-refractivity contribution in [3.8, 4) is 0 Å². The van der Waals surface area contributed by atoms with Gasteiger partial charge in [0.05, 0.1) is 5.56 Å². The van der Waals surface area contributed by atoms with Gasteiger partial charge in [0.25, 0.3) is 0 Å². The van der Waals surface area contributed by atoms with Crippen LogP contribution in [0.5, 0.6) is 0 Å². The maximum Gasteiger partial charge on any atom is 0.339 e. The second-order valence-electron chi connectivity index (χ2n) is 6.19. The highest BCUT2D eigenvalue weighted by Crippen LogP contribution is 2.44. The van der Waals surface area contributed by atoms with Gasteiger partial charge in [0, 0.05) is 38.0 Å². The van der Waals surface area contributed by atoms with Gasteiger partial charge in [0.1, 0.15) is 5.60 Å². The Balaban J connectivity index is 0.00000156. The number of benzene rings is 2. The number of fused-ring (bicyclic) bond motifs is 2. The number of hydrogen-bond acceptors (Lipinski definition) is 3. The predicted octanol–water partition coefficient (Wildman–Crippen LogP) is 3.77. The lowest BCUT2D eigenvalue weighted by Crippen LogP contribution is -2.42. The highest BCUT2D eigenvalue weighted by molar-refractivity contribution is 5.94. The number of halogens is 1. The van der Waals surface area contributed by atoms with Gasteiger partial charge < -0.3 is 4.74 Å². The second-order valence-corrected chi connectivity index (χ2v) is 6.19. The van der Waals surface area contributed by atoms with Crippen LogP contribution in [0.4, 0.5) is 0 Å². The molecule has 2 aromatic carbocycles. The van der Waals surface area contributed by atoms with Crippen LogP contribution < -0.4 is 0 Å². The van der Waals surface area contributed by atoms with E-state index in [1.54, 1.807) is 0 Å². The van der Waals surface area contributed by atoms with Crippen molar-refractivity contribution < 1.29 is 9.53 Å². The van der Waals surface area contributed by atoms with Crippen molar-refractivity contribution in [3.05, 3.63) is 71.3 Å². The first-order valence-corrected chi connectivity index (χ1v) is 7.86. The van der Waals surface area contributed by atoms with Crippen LogP contribution in [0.3, 0.4) is 0 Å². The Hall–Kier alpha value is -1.84. The molecule has 1 saturated heterocycles. The van der Waals surface area contributed by atoms with Crippen LogP contribution in [0, 0.1) is 0 Å². The number of hydrogen-bond donors (Lipinski definition) is 0. The molecule has 3 nitrogen and oxygen atoms in total. The van der Waals surface area contributed by atoms with Gasteiger partial charge in [-0.1, -0.05) is 48.5 Å². The SMILES string of the molecule is Cl.O=C1OC2(CCN(Cc3ccccc3)CC2)c2ccccc21. The van der Waals surface area contributed by atoms with Crippen molar-refractivity contribution in [3.63, 3.8) is 0 Å². The van der Waals surface area contributed by atoms with Crippen molar-refractivity contribution in [2.24, 2.45) is 0 Å². The summed E-state index contributed by atoms with van der Waals surface area (Å²) < 4.78 is 5.79. The molecular weight excluding hydrogens is 310 g/mol. The first kappa shape index (κ1) is 16.0. The molecule has 0 aromatic heterocycles. The molecule has 4 heteroatoms. The molecule has 4 rings (SSSR count). The smallest absolute Gasteiger partial charge is 0.339 e. The summed E-state index contributed by atoms with van der Waals surface area (Å²) in [6.45, 7) is 2.87. The normalized spacial score (nSPS) is 19.0. The van der Waals surface area contributed by atoms with E-state index in [4.69, 9.17) is 4.74 Å². The van der Waals surface area contributed by atoms with E-state index in [2.05, 4.69) is 29.2 Å². The van der Waals surface area contributed by atoms with Crippen LogP contribution in [-0.2, 0) is 16.9 Å². The van der Waals surface area contributed by atoms with Gasteiger partial charge in [-0.25, -0.2) is 4.79 Å². The number of esters is 1. The second kappa shape index (κ2) is 6.34. The molecule has 2 heterocycles. The fourth-order valence-electron chi connectivity index (χ4n) is 3.63. The predicted molar refractivity (Wildman–Crippen MR) is 91.7 cm³/mol. The van der Waals surface area contributed by atoms with Crippen LogP contribution in [0.15, 0.2) is 54.6 Å². The molecule has 0 atom stereocenters. The van der Waals surface area contributed by atoms with E-state index in [-0.39, 0.29) is 24.0 Å². The van der Waals surface area contributed by atoms with E-state index < -0.39 is 0 Å². The molecule has 0 radical (unpaired) electrons. The van der Waals surface area contributed by atoms with Gasteiger partial charge in [0.15, 0.2) is 0 Å². The number of likely N-dealkylation sites (tertiary alicyclic amines) is 1. The summed E-state index contributed by atoms with van der Waals surface area (Å²) in [4.78, 5) is 14.5. The molecule has 2 aromatic rings. The number of carbonyl (C=O) groups excluding carboxylic acids is 1. The van der Waals surface area contributed by atoms with Crippen molar-refractivity contribution in [1.29, 1.82) is 0 Å². The molecule has 120 valence electrons. The zero-order valence-corrected chi connectivity index (χ0v) is 13.7. The van der Waals surface area contributed by atoms with Gasteiger partial charge >= 0.3 is 5.97 Å². The summed E-state index contributed by atoms with van der Waals surface area (Å²) in [5, 5.41) is 0. The standard InChI is InChI=1S/C19H19NO2.ClH/c21-18-16-8-4-5-9-17(16)19(22-18)10-12-20(13-11-19)14-15-6-2-1-3-7-15;/h1-9H,10-14H2;1H. The highest BCUT2D eigenvalue weighted by Gasteiger charge is 2.46. The number of carbonyl (C=O) groups is 1. The lowest BCUT2D eigenvalue weighted by Gasteiger charge is -2.38. The molecule has 0 amide bonds. The fourth-order valence-corrected chi connectivity index (χ4v) is 3.63. The summed E-state index contributed by atoms with van der Waals surface area (Å²) >= 11 is 0. The van der Waals surface area contributed by atoms with Crippen LogP contribution >= 0.6 is 12.4 Å². The Kier molecular flexibility index (Phi) is 4.42. The molecule has 0 saturated carbocycles. The average molecular weight is 330 g/mol. The van der Waals surface area contributed by atoms with E-state index >= 15 is 0 Å². The van der Waals surface area contributed by atoms with Gasteiger partial charge in [-0.3, -0.25) is 4.90 Å². The molecule has 23 heavy (non-hydrogen) atoms. The fraction of sp³-hybridized carbons (Fsp3) is 0.316. The van der Waals surface area contributed by atoms with E-state index in [1.165, 1.54) is 5.56 Å².